The standard InChI is InChI=1S/C9H19BrN2/c10-6-2-3-7-11-12-8-4-1-5-9-12/h11H,1-9H2. The van der Waals surface area contributed by atoms with E-state index in [1.807, 2.05) is 0 Å². The van der Waals surface area contributed by atoms with Crippen LogP contribution >= 0.6 is 15.9 Å². The van der Waals surface area contributed by atoms with Gasteiger partial charge in [0.25, 0.3) is 0 Å². The SMILES string of the molecule is BrCCCCNN1CCCCC1. The zero-order chi connectivity index (χ0) is 8.65. The predicted molar refractivity (Wildman–Crippen MR) is 56.5 cm³/mol. The monoisotopic (exact) mass is 234 g/mol. The summed E-state index contributed by atoms with van der Waals surface area (Å²) in [4.78, 5) is 0. The van der Waals surface area contributed by atoms with E-state index < -0.39 is 0 Å². The number of hydrazine groups is 1. The molecule has 0 spiro atoms. The minimum Gasteiger partial charge on any atom is -0.255 e. The second-order valence-corrected chi connectivity index (χ2v) is 4.14. The van der Waals surface area contributed by atoms with Gasteiger partial charge in [0.05, 0.1) is 0 Å². The van der Waals surface area contributed by atoms with Crippen molar-refractivity contribution in [3.8, 4) is 0 Å². The van der Waals surface area contributed by atoms with Gasteiger partial charge in [0.15, 0.2) is 0 Å². The van der Waals surface area contributed by atoms with E-state index in [1.54, 1.807) is 0 Å². The quantitative estimate of drug-likeness (QED) is 0.580. The number of rotatable bonds is 5. The molecule has 1 heterocycles. The lowest BCUT2D eigenvalue weighted by Crippen LogP contribution is -2.42. The molecule has 0 amide bonds. The number of halogens is 1. The maximum Gasteiger partial charge on any atom is 0.0131 e. The molecule has 1 saturated heterocycles. The third kappa shape index (κ3) is 4.43. The Labute approximate surface area is 83.8 Å². The molecule has 1 aliphatic rings. The topological polar surface area (TPSA) is 15.3 Å². The van der Waals surface area contributed by atoms with Crippen molar-refractivity contribution in [2.75, 3.05) is 25.0 Å². The van der Waals surface area contributed by atoms with E-state index in [0.717, 1.165) is 11.9 Å². The van der Waals surface area contributed by atoms with Crippen molar-refractivity contribution in [3.05, 3.63) is 0 Å². The Hall–Kier alpha value is 0.400. The van der Waals surface area contributed by atoms with Gasteiger partial charge in [-0.3, -0.25) is 5.43 Å². The molecule has 0 bridgehead atoms. The number of hydrogen-bond acceptors (Lipinski definition) is 2. The van der Waals surface area contributed by atoms with Gasteiger partial charge in [0.2, 0.25) is 0 Å². The smallest absolute Gasteiger partial charge is 0.0131 e. The highest BCUT2D eigenvalue weighted by molar-refractivity contribution is 9.09. The molecule has 1 fully saturated rings. The minimum atomic E-state index is 1.13. The summed E-state index contributed by atoms with van der Waals surface area (Å²) in [5, 5.41) is 3.51. The van der Waals surface area contributed by atoms with Crippen molar-refractivity contribution in [3.63, 3.8) is 0 Å². The molecule has 0 radical (unpaired) electrons. The lowest BCUT2D eigenvalue weighted by Gasteiger charge is -2.26. The van der Waals surface area contributed by atoms with Gasteiger partial charge >= 0.3 is 0 Å². The van der Waals surface area contributed by atoms with E-state index in [0.29, 0.717) is 0 Å². The normalized spacial score (nSPS) is 19.8. The highest BCUT2D eigenvalue weighted by atomic mass is 79.9. The van der Waals surface area contributed by atoms with Crippen LogP contribution in [0.3, 0.4) is 0 Å². The largest absolute Gasteiger partial charge is 0.255 e. The summed E-state index contributed by atoms with van der Waals surface area (Å²) < 4.78 is 0. The summed E-state index contributed by atoms with van der Waals surface area (Å²) in [5.41, 5.74) is 3.47. The zero-order valence-corrected chi connectivity index (χ0v) is 9.28. The predicted octanol–water partition coefficient (Wildman–Crippen LogP) is 2.15. The number of alkyl halides is 1. The van der Waals surface area contributed by atoms with Gasteiger partial charge in [0, 0.05) is 25.0 Å². The van der Waals surface area contributed by atoms with Gasteiger partial charge in [-0.1, -0.05) is 22.4 Å². The van der Waals surface area contributed by atoms with Crippen LogP contribution in [0.2, 0.25) is 0 Å². The average molecular weight is 235 g/mol. The van der Waals surface area contributed by atoms with Crippen LogP contribution in [0.5, 0.6) is 0 Å². The average Bonchev–Trinajstić information content (AvgIpc) is 2.14. The number of nitrogens with zero attached hydrogens (tertiary/aromatic N) is 1. The van der Waals surface area contributed by atoms with E-state index in [1.165, 1.54) is 45.2 Å². The van der Waals surface area contributed by atoms with Gasteiger partial charge < -0.3 is 0 Å². The van der Waals surface area contributed by atoms with E-state index in [-0.39, 0.29) is 0 Å². The first-order chi connectivity index (χ1) is 5.93. The first kappa shape index (κ1) is 10.5. The number of piperidine rings is 1. The third-order valence-electron chi connectivity index (χ3n) is 2.25. The van der Waals surface area contributed by atoms with Crippen LogP contribution in [0.15, 0.2) is 0 Å². The highest BCUT2D eigenvalue weighted by Gasteiger charge is 2.07. The summed E-state index contributed by atoms with van der Waals surface area (Å²) >= 11 is 3.43. The molecule has 0 aliphatic carbocycles. The summed E-state index contributed by atoms with van der Waals surface area (Å²) in [6, 6.07) is 0. The van der Waals surface area contributed by atoms with Crippen molar-refractivity contribution in [2.24, 2.45) is 0 Å². The van der Waals surface area contributed by atoms with Crippen LogP contribution in [0.4, 0.5) is 0 Å². The van der Waals surface area contributed by atoms with E-state index in [9.17, 15) is 0 Å². The fourth-order valence-corrected chi connectivity index (χ4v) is 1.91. The van der Waals surface area contributed by atoms with Gasteiger partial charge in [-0.05, 0) is 25.7 Å². The molecule has 0 aromatic heterocycles. The first-order valence-electron chi connectivity index (χ1n) is 4.98. The summed E-state index contributed by atoms with van der Waals surface area (Å²) in [7, 11) is 0. The van der Waals surface area contributed by atoms with Gasteiger partial charge in [0.1, 0.15) is 0 Å². The minimum absolute atomic E-state index is 1.13. The molecular formula is C9H19BrN2. The first-order valence-corrected chi connectivity index (χ1v) is 6.10. The molecule has 3 heteroatoms. The van der Waals surface area contributed by atoms with Crippen LogP contribution in [0.1, 0.15) is 32.1 Å². The van der Waals surface area contributed by atoms with E-state index in [4.69, 9.17) is 0 Å². The molecule has 2 nitrogen and oxygen atoms in total. The summed E-state index contributed by atoms with van der Waals surface area (Å²) in [6.07, 6.45) is 6.71. The van der Waals surface area contributed by atoms with E-state index >= 15 is 0 Å². The second kappa shape index (κ2) is 6.87. The maximum absolute atomic E-state index is 3.47. The fourth-order valence-electron chi connectivity index (χ4n) is 1.51. The maximum atomic E-state index is 3.47. The molecule has 12 heavy (non-hydrogen) atoms. The summed E-state index contributed by atoms with van der Waals surface area (Å²) in [6.45, 7) is 3.63. The second-order valence-electron chi connectivity index (χ2n) is 3.35. The van der Waals surface area contributed by atoms with Gasteiger partial charge in [-0.15, -0.1) is 0 Å². The van der Waals surface area contributed by atoms with Gasteiger partial charge in [-0.2, -0.15) is 0 Å². The molecule has 0 unspecified atom stereocenters. The summed E-state index contributed by atoms with van der Waals surface area (Å²) in [5.74, 6) is 0. The van der Waals surface area contributed by atoms with Crippen LogP contribution in [-0.2, 0) is 0 Å². The van der Waals surface area contributed by atoms with Crippen molar-refractivity contribution in [1.29, 1.82) is 0 Å². The molecule has 1 aliphatic heterocycles. The number of nitrogens with one attached hydrogen (secondary N) is 1. The zero-order valence-electron chi connectivity index (χ0n) is 7.69. The Bertz CT molecular complexity index is 103. The Morgan fingerprint density at radius 3 is 2.50 bits per heavy atom. The van der Waals surface area contributed by atoms with Crippen LogP contribution < -0.4 is 5.43 Å². The molecule has 72 valence electrons. The molecule has 1 rings (SSSR count). The molecular weight excluding hydrogens is 216 g/mol. The van der Waals surface area contributed by atoms with Crippen molar-refractivity contribution in [1.82, 2.24) is 10.4 Å². The number of hydrogen-bond donors (Lipinski definition) is 1. The Morgan fingerprint density at radius 2 is 1.83 bits per heavy atom. The molecule has 1 N–H and O–H groups in total. The molecule has 0 atom stereocenters. The number of unbranched alkanes of at least 4 members (excludes halogenated alkanes) is 1. The lowest BCUT2D eigenvalue weighted by molar-refractivity contribution is 0.154. The Balaban J connectivity index is 1.91. The van der Waals surface area contributed by atoms with Crippen LogP contribution in [0, 0.1) is 0 Å². The molecule has 0 saturated carbocycles. The molecule has 0 aromatic rings. The van der Waals surface area contributed by atoms with Crippen molar-refractivity contribution in [2.45, 2.75) is 32.1 Å². The highest BCUT2D eigenvalue weighted by Crippen LogP contribution is 2.05. The third-order valence-corrected chi connectivity index (χ3v) is 2.81. The van der Waals surface area contributed by atoms with E-state index in [2.05, 4.69) is 26.4 Å². The Morgan fingerprint density at radius 1 is 1.08 bits per heavy atom. The van der Waals surface area contributed by atoms with Crippen LogP contribution in [-0.4, -0.2) is 30.0 Å². The van der Waals surface area contributed by atoms with Crippen LogP contribution in [0.25, 0.3) is 0 Å². The Kier molecular flexibility index (Phi) is 6.00. The fraction of sp³-hybridized carbons (Fsp3) is 1.00. The lowest BCUT2D eigenvalue weighted by atomic mass is 10.2. The van der Waals surface area contributed by atoms with Gasteiger partial charge in [-0.25, -0.2) is 5.01 Å². The molecule has 0 aromatic carbocycles. The van der Waals surface area contributed by atoms with Crippen molar-refractivity contribution < 1.29 is 0 Å². The van der Waals surface area contributed by atoms with Crippen molar-refractivity contribution >= 4 is 15.9 Å².